The summed E-state index contributed by atoms with van der Waals surface area (Å²) in [5.41, 5.74) is 0.344. The highest BCUT2D eigenvalue weighted by Gasteiger charge is 2.47. The van der Waals surface area contributed by atoms with E-state index in [4.69, 9.17) is 4.74 Å². The number of likely N-dealkylation sites (tertiary alicyclic amines) is 1. The van der Waals surface area contributed by atoms with Gasteiger partial charge in [-0.1, -0.05) is 0 Å². The molecule has 0 spiro atoms. The Balaban J connectivity index is 1.28. The number of aromatic nitrogens is 1. The largest absolute Gasteiger partial charge is 0.486 e. The Labute approximate surface area is 175 Å². The number of nitrogens with one attached hydrogen (secondary N) is 3. The maximum atomic E-state index is 15.2. The van der Waals surface area contributed by atoms with Crippen molar-refractivity contribution in [3.63, 3.8) is 0 Å². The summed E-state index contributed by atoms with van der Waals surface area (Å²) < 4.78 is 21.1. The second-order valence-corrected chi connectivity index (χ2v) is 8.62. The molecule has 4 rings (SSSR count). The van der Waals surface area contributed by atoms with Gasteiger partial charge >= 0.3 is 0 Å². The first-order chi connectivity index (χ1) is 14.4. The van der Waals surface area contributed by atoms with Crippen LogP contribution in [0.5, 0.6) is 5.75 Å². The van der Waals surface area contributed by atoms with Gasteiger partial charge < -0.3 is 20.7 Å². The van der Waals surface area contributed by atoms with Crippen LogP contribution < -0.4 is 20.7 Å². The number of carbonyl (C=O) groups is 2. The molecular weight excluding hydrogens is 389 g/mol. The Morgan fingerprint density at radius 3 is 2.83 bits per heavy atom. The number of hydrogen-bond acceptors (Lipinski definition) is 6. The fraction of sp³-hybridized carbons (Fsp3) is 0.667. The third kappa shape index (κ3) is 4.00. The summed E-state index contributed by atoms with van der Waals surface area (Å²) in [6.45, 7) is 5.27. The molecule has 9 heteroatoms. The van der Waals surface area contributed by atoms with Crippen molar-refractivity contribution >= 4 is 11.8 Å². The molecule has 0 radical (unpaired) electrons. The third-order valence-electron chi connectivity index (χ3n) is 6.72. The molecule has 2 aliphatic heterocycles. The Morgan fingerprint density at radius 2 is 2.17 bits per heavy atom. The van der Waals surface area contributed by atoms with Gasteiger partial charge in [0.15, 0.2) is 0 Å². The third-order valence-corrected chi connectivity index (χ3v) is 6.72. The molecule has 1 aromatic rings. The molecule has 1 aromatic heterocycles. The van der Waals surface area contributed by atoms with E-state index in [1.165, 1.54) is 0 Å². The zero-order valence-electron chi connectivity index (χ0n) is 17.6. The minimum atomic E-state index is -1.05. The predicted molar refractivity (Wildman–Crippen MR) is 109 cm³/mol. The van der Waals surface area contributed by atoms with E-state index in [9.17, 15) is 9.59 Å². The van der Waals surface area contributed by atoms with Crippen LogP contribution in [0, 0.1) is 5.92 Å². The van der Waals surface area contributed by atoms with Gasteiger partial charge in [-0.25, -0.2) is 9.37 Å². The van der Waals surface area contributed by atoms with Crippen molar-refractivity contribution in [1.29, 1.82) is 0 Å². The van der Waals surface area contributed by atoms with E-state index in [1.54, 1.807) is 25.4 Å². The molecule has 1 aliphatic carbocycles. The van der Waals surface area contributed by atoms with Crippen molar-refractivity contribution in [2.75, 3.05) is 20.1 Å². The van der Waals surface area contributed by atoms with E-state index in [1.807, 2.05) is 6.92 Å². The highest BCUT2D eigenvalue weighted by Crippen LogP contribution is 2.33. The van der Waals surface area contributed by atoms with Crippen molar-refractivity contribution in [2.45, 2.75) is 63.1 Å². The van der Waals surface area contributed by atoms with E-state index >= 15 is 4.39 Å². The fourth-order valence-electron chi connectivity index (χ4n) is 4.70. The van der Waals surface area contributed by atoms with Crippen LogP contribution in [0.4, 0.5) is 4.39 Å². The number of amides is 2. The van der Waals surface area contributed by atoms with Crippen LogP contribution in [0.15, 0.2) is 18.3 Å². The molecule has 2 saturated heterocycles. The highest BCUT2D eigenvalue weighted by molar-refractivity contribution is 5.92. The molecule has 7 atom stereocenters. The lowest BCUT2D eigenvalue weighted by molar-refractivity contribution is -0.128. The first-order valence-corrected chi connectivity index (χ1v) is 10.7. The lowest BCUT2D eigenvalue weighted by Gasteiger charge is -2.50. The molecule has 8 nitrogen and oxygen atoms in total. The Hall–Kier alpha value is -2.26. The summed E-state index contributed by atoms with van der Waals surface area (Å²) in [5.74, 6) is 0.159. The molecule has 3 heterocycles. The van der Waals surface area contributed by atoms with Gasteiger partial charge in [-0.2, -0.15) is 0 Å². The minimum Gasteiger partial charge on any atom is -0.486 e. The minimum absolute atomic E-state index is 0.00366. The number of nitrogens with zero attached hydrogens (tertiary/aromatic N) is 2. The van der Waals surface area contributed by atoms with Crippen LogP contribution in [0.1, 0.15) is 37.2 Å². The van der Waals surface area contributed by atoms with Crippen LogP contribution in [-0.4, -0.2) is 78.3 Å². The van der Waals surface area contributed by atoms with E-state index in [-0.39, 0.29) is 42.0 Å². The van der Waals surface area contributed by atoms with Gasteiger partial charge in [0.2, 0.25) is 5.91 Å². The van der Waals surface area contributed by atoms with Crippen molar-refractivity contribution in [3.05, 3.63) is 24.0 Å². The quantitative estimate of drug-likeness (QED) is 0.643. The normalized spacial score (nSPS) is 36.3. The Kier molecular flexibility index (Phi) is 5.92. The summed E-state index contributed by atoms with van der Waals surface area (Å²) in [7, 11) is 1.56. The van der Waals surface area contributed by atoms with Crippen LogP contribution in [0.25, 0.3) is 0 Å². The molecule has 3 fully saturated rings. The monoisotopic (exact) mass is 419 g/mol. The molecule has 30 heavy (non-hydrogen) atoms. The van der Waals surface area contributed by atoms with Gasteiger partial charge in [0.1, 0.15) is 23.7 Å². The van der Waals surface area contributed by atoms with Gasteiger partial charge in [-0.3, -0.25) is 14.5 Å². The first-order valence-electron chi connectivity index (χ1n) is 10.7. The van der Waals surface area contributed by atoms with Crippen molar-refractivity contribution in [3.8, 4) is 5.75 Å². The molecule has 2 amide bonds. The molecule has 0 aromatic carbocycles. The smallest absolute Gasteiger partial charge is 0.269 e. The van der Waals surface area contributed by atoms with Crippen molar-refractivity contribution in [1.82, 2.24) is 25.8 Å². The Morgan fingerprint density at radius 1 is 1.37 bits per heavy atom. The summed E-state index contributed by atoms with van der Waals surface area (Å²) in [4.78, 5) is 29.9. The zero-order valence-corrected chi connectivity index (χ0v) is 17.6. The van der Waals surface area contributed by atoms with Gasteiger partial charge in [0.05, 0.1) is 18.3 Å². The van der Waals surface area contributed by atoms with Crippen LogP contribution in [0.2, 0.25) is 0 Å². The van der Waals surface area contributed by atoms with Crippen LogP contribution in [-0.2, 0) is 4.79 Å². The van der Waals surface area contributed by atoms with E-state index < -0.39 is 12.2 Å². The summed E-state index contributed by atoms with van der Waals surface area (Å²) in [5, 5.41) is 8.65. The van der Waals surface area contributed by atoms with Gasteiger partial charge in [0.25, 0.3) is 5.91 Å². The fourth-order valence-corrected chi connectivity index (χ4v) is 4.70. The maximum Gasteiger partial charge on any atom is 0.269 e. The number of halogens is 1. The number of fused-ring (bicyclic) bond motifs is 1. The number of piperazine rings is 1. The second-order valence-electron chi connectivity index (χ2n) is 8.62. The number of alkyl halides is 1. The molecule has 5 unspecified atom stereocenters. The lowest BCUT2D eigenvalue weighted by Crippen LogP contribution is -2.69. The molecule has 0 bridgehead atoms. The second kappa shape index (κ2) is 8.47. The van der Waals surface area contributed by atoms with Gasteiger partial charge in [-0.15, -0.1) is 0 Å². The van der Waals surface area contributed by atoms with E-state index in [0.29, 0.717) is 18.0 Å². The maximum absolute atomic E-state index is 15.2. The first kappa shape index (κ1) is 21.0. The molecule has 3 aliphatic rings. The number of rotatable bonds is 5. The van der Waals surface area contributed by atoms with Crippen molar-refractivity contribution < 1.29 is 18.7 Å². The SMILES string of the molecule is CNC(=O)c1ccc(O[C@H]2CN(CC3CCC4NC(C)C(=O)NC4C3F)[C@@H]2C)cn1. The molecular formula is C21H30FN5O3. The standard InChI is InChI=1S/C21H30FN5O3/c1-11-20(28)26-19-15(25-11)6-4-13(18(19)22)9-27-10-17(12(27)2)30-14-5-7-16(24-8-14)21(29)23-3/h5,7-8,11-13,15,17-19,25H,4,6,9-10H2,1-3H3,(H,23,29)(H,26,28)/t11?,12-,13?,15?,17+,18?,19?/m1/s1. The summed E-state index contributed by atoms with van der Waals surface area (Å²) in [6.07, 6.45) is 2.17. The number of hydrogen-bond donors (Lipinski definition) is 3. The number of carbonyl (C=O) groups excluding carboxylic acids is 2. The van der Waals surface area contributed by atoms with Crippen LogP contribution in [0.3, 0.4) is 0 Å². The van der Waals surface area contributed by atoms with Crippen LogP contribution >= 0.6 is 0 Å². The average Bonchev–Trinajstić information content (AvgIpc) is 2.75. The molecule has 1 saturated carbocycles. The summed E-state index contributed by atoms with van der Waals surface area (Å²) in [6, 6.07) is 2.84. The van der Waals surface area contributed by atoms with Gasteiger partial charge in [0, 0.05) is 38.1 Å². The van der Waals surface area contributed by atoms with Crippen molar-refractivity contribution in [2.24, 2.45) is 5.92 Å². The topological polar surface area (TPSA) is 95.6 Å². The molecule has 3 N–H and O–H groups in total. The summed E-state index contributed by atoms with van der Waals surface area (Å²) >= 11 is 0. The zero-order chi connectivity index (χ0) is 21.4. The van der Waals surface area contributed by atoms with Gasteiger partial charge in [-0.05, 0) is 38.8 Å². The predicted octanol–water partition coefficient (Wildman–Crippen LogP) is 0.486. The van der Waals surface area contributed by atoms with E-state index in [2.05, 4.69) is 32.8 Å². The highest BCUT2D eigenvalue weighted by atomic mass is 19.1. The number of ether oxygens (including phenoxy) is 1. The molecule has 164 valence electrons. The lowest BCUT2D eigenvalue weighted by atomic mass is 9.78. The van der Waals surface area contributed by atoms with E-state index in [0.717, 1.165) is 19.4 Å². The average molecular weight is 420 g/mol. The number of pyridine rings is 1. The Bertz CT molecular complexity index is 791.